The maximum Gasteiger partial charge on any atom is 0.410 e. The van der Waals surface area contributed by atoms with Crippen LogP contribution >= 0.6 is 0 Å². The lowest BCUT2D eigenvalue weighted by Crippen LogP contribution is -2.38. The highest BCUT2D eigenvalue weighted by Gasteiger charge is 2.24. The molecule has 5 nitrogen and oxygen atoms in total. The highest BCUT2D eigenvalue weighted by atomic mass is 16.6. The van der Waals surface area contributed by atoms with Crippen LogP contribution < -0.4 is 5.32 Å². The second kappa shape index (κ2) is 6.16. The molecule has 0 fully saturated rings. The van der Waals surface area contributed by atoms with Gasteiger partial charge in [-0.1, -0.05) is 6.07 Å². The third kappa shape index (κ3) is 4.21. The summed E-state index contributed by atoms with van der Waals surface area (Å²) >= 11 is 0. The van der Waals surface area contributed by atoms with E-state index in [9.17, 15) is 9.59 Å². The number of nitrogens with one attached hydrogen (secondary N) is 1. The Morgan fingerprint density at radius 3 is 2.52 bits per heavy atom. The van der Waals surface area contributed by atoms with E-state index in [2.05, 4.69) is 5.32 Å². The first-order chi connectivity index (χ1) is 9.89. The first kappa shape index (κ1) is 15.4. The van der Waals surface area contributed by atoms with Crippen LogP contribution in [-0.4, -0.2) is 36.1 Å². The van der Waals surface area contributed by atoms with Gasteiger partial charge < -0.3 is 15.0 Å². The minimum atomic E-state index is -0.475. The third-order valence-corrected chi connectivity index (χ3v) is 3.39. The molecule has 114 valence electrons. The van der Waals surface area contributed by atoms with Gasteiger partial charge >= 0.3 is 6.09 Å². The number of amides is 2. The van der Waals surface area contributed by atoms with Gasteiger partial charge in [0, 0.05) is 18.8 Å². The second-order valence-electron chi connectivity index (χ2n) is 6.21. The van der Waals surface area contributed by atoms with E-state index in [0.717, 1.165) is 18.5 Å². The standard InChI is InChI=1S/C16H22N2O3/c1-16(2,3)21-15(20)18-8-6-12-4-5-14(17-11-19)10-13(12)7-9-18/h4-5,10-11H,6-9H2,1-3H3,(H,17,19). The van der Waals surface area contributed by atoms with Gasteiger partial charge in [0.1, 0.15) is 5.60 Å². The smallest absolute Gasteiger partial charge is 0.410 e. The molecule has 0 saturated carbocycles. The Balaban J connectivity index is 2.06. The molecular formula is C16H22N2O3. The van der Waals surface area contributed by atoms with Crippen LogP contribution in [0, 0.1) is 0 Å². The van der Waals surface area contributed by atoms with Crippen molar-refractivity contribution in [1.82, 2.24) is 4.90 Å². The zero-order valence-electron chi connectivity index (χ0n) is 12.8. The molecule has 0 bridgehead atoms. The molecule has 1 aliphatic rings. The first-order valence-corrected chi connectivity index (χ1v) is 7.19. The maximum absolute atomic E-state index is 12.1. The van der Waals surface area contributed by atoms with Crippen LogP contribution in [0.15, 0.2) is 18.2 Å². The molecule has 21 heavy (non-hydrogen) atoms. The Morgan fingerprint density at radius 2 is 1.90 bits per heavy atom. The van der Waals surface area contributed by atoms with Crippen molar-refractivity contribution in [1.29, 1.82) is 0 Å². The molecule has 0 atom stereocenters. The fourth-order valence-electron chi connectivity index (χ4n) is 2.39. The summed E-state index contributed by atoms with van der Waals surface area (Å²) in [5.41, 5.74) is 2.71. The van der Waals surface area contributed by atoms with E-state index in [1.165, 1.54) is 11.1 Å². The van der Waals surface area contributed by atoms with Gasteiger partial charge in [-0.05, 0) is 56.9 Å². The normalized spacial score (nSPS) is 14.9. The quantitative estimate of drug-likeness (QED) is 0.852. The average Bonchev–Trinajstić information content (AvgIpc) is 2.59. The van der Waals surface area contributed by atoms with Gasteiger partial charge in [-0.3, -0.25) is 4.79 Å². The molecule has 0 unspecified atom stereocenters. The molecule has 1 aromatic carbocycles. The van der Waals surface area contributed by atoms with E-state index in [4.69, 9.17) is 4.74 Å². The minimum absolute atomic E-state index is 0.262. The second-order valence-corrected chi connectivity index (χ2v) is 6.21. The van der Waals surface area contributed by atoms with Gasteiger partial charge in [-0.2, -0.15) is 0 Å². The summed E-state index contributed by atoms with van der Waals surface area (Å²) in [5.74, 6) is 0. The van der Waals surface area contributed by atoms with Gasteiger partial charge in [0.05, 0.1) is 0 Å². The van der Waals surface area contributed by atoms with Crippen LogP contribution in [0.1, 0.15) is 31.9 Å². The number of carbonyl (C=O) groups excluding carboxylic acids is 2. The Hall–Kier alpha value is -2.04. The van der Waals surface area contributed by atoms with Gasteiger partial charge in [0.25, 0.3) is 0 Å². The number of nitrogens with zero attached hydrogens (tertiary/aromatic N) is 1. The van der Waals surface area contributed by atoms with Crippen molar-refractivity contribution in [3.8, 4) is 0 Å². The van der Waals surface area contributed by atoms with E-state index < -0.39 is 5.60 Å². The first-order valence-electron chi connectivity index (χ1n) is 7.19. The van der Waals surface area contributed by atoms with Crippen LogP contribution in [-0.2, 0) is 22.4 Å². The summed E-state index contributed by atoms with van der Waals surface area (Å²) in [5, 5.41) is 2.66. The molecule has 0 aromatic heterocycles. The summed E-state index contributed by atoms with van der Waals surface area (Å²) in [6, 6.07) is 5.87. The predicted octanol–water partition coefficient (Wildman–Crippen LogP) is 2.59. The molecule has 1 heterocycles. The highest BCUT2D eigenvalue weighted by Crippen LogP contribution is 2.21. The van der Waals surface area contributed by atoms with Crippen LogP contribution in [0.4, 0.5) is 10.5 Å². The Labute approximate surface area is 125 Å². The number of hydrogen-bond acceptors (Lipinski definition) is 3. The molecule has 5 heteroatoms. The van der Waals surface area contributed by atoms with Crippen LogP contribution in [0.25, 0.3) is 0 Å². The molecule has 1 aliphatic heterocycles. The van der Waals surface area contributed by atoms with Crippen LogP contribution in [0.3, 0.4) is 0 Å². The zero-order valence-corrected chi connectivity index (χ0v) is 12.8. The molecule has 0 radical (unpaired) electrons. The number of hydrogen-bond donors (Lipinski definition) is 1. The molecule has 0 saturated heterocycles. The lowest BCUT2D eigenvalue weighted by Gasteiger charge is -2.26. The van der Waals surface area contributed by atoms with Crippen LogP contribution in [0.5, 0.6) is 0 Å². The summed E-state index contributed by atoms with van der Waals surface area (Å²) in [6.07, 6.45) is 1.98. The van der Waals surface area contributed by atoms with E-state index in [-0.39, 0.29) is 6.09 Å². The van der Waals surface area contributed by atoms with Gasteiger partial charge in [-0.25, -0.2) is 4.79 Å². The van der Waals surface area contributed by atoms with E-state index in [0.29, 0.717) is 19.5 Å². The van der Waals surface area contributed by atoms with Crippen molar-refractivity contribution in [2.24, 2.45) is 0 Å². The number of benzene rings is 1. The number of anilines is 1. The largest absolute Gasteiger partial charge is 0.444 e. The monoisotopic (exact) mass is 290 g/mol. The van der Waals surface area contributed by atoms with Crippen LogP contribution in [0.2, 0.25) is 0 Å². The number of carbonyl (C=O) groups is 2. The van der Waals surface area contributed by atoms with Gasteiger partial charge in [0.15, 0.2) is 0 Å². The van der Waals surface area contributed by atoms with Crippen molar-refractivity contribution >= 4 is 18.2 Å². The SMILES string of the molecule is CC(C)(C)OC(=O)N1CCc2ccc(NC=O)cc2CC1. The van der Waals surface area contributed by atoms with Crippen molar-refractivity contribution in [2.75, 3.05) is 18.4 Å². The third-order valence-electron chi connectivity index (χ3n) is 3.39. The number of rotatable bonds is 2. The topological polar surface area (TPSA) is 58.6 Å². The van der Waals surface area contributed by atoms with Gasteiger partial charge in [0.2, 0.25) is 6.41 Å². The summed E-state index contributed by atoms with van der Waals surface area (Å²) in [4.78, 5) is 24.4. The van der Waals surface area contributed by atoms with E-state index >= 15 is 0 Å². The molecule has 0 spiro atoms. The summed E-state index contributed by atoms with van der Waals surface area (Å²) in [6.45, 7) is 6.90. The van der Waals surface area contributed by atoms with E-state index in [1.807, 2.05) is 39.0 Å². The fraction of sp³-hybridized carbons (Fsp3) is 0.500. The molecule has 0 aliphatic carbocycles. The number of ether oxygens (including phenoxy) is 1. The predicted molar refractivity (Wildman–Crippen MR) is 81.3 cm³/mol. The highest BCUT2D eigenvalue weighted by molar-refractivity contribution is 5.72. The molecule has 1 N–H and O–H groups in total. The van der Waals surface area contributed by atoms with E-state index in [1.54, 1.807) is 4.90 Å². The molecule has 1 aromatic rings. The molecular weight excluding hydrogens is 268 g/mol. The Bertz CT molecular complexity index is 535. The van der Waals surface area contributed by atoms with Crippen molar-refractivity contribution in [3.63, 3.8) is 0 Å². The Morgan fingerprint density at radius 1 is 1.24 bits per heavy atom. The number of fused-ring (bicyclic) bond motifs is 1. The fourth-order valence-corrected chi connectivity index (χ4v) is 2.39. The average molecular weight is 290 g/mol. The van der Waals surface area contributed by atoms with Crippen molar-refractivity contribution in [3.05, 3.63) is 29.3 Å². The lowest BCUT2D eigenvalue weighted by molar-refractivity contribution is -0.105. The molecule has 2 amide bonds. The van der Waals surface area contributed by atoms with Crippen molar-refractivity contribution < 1.29 is 14.3 Å². The zero-order chi connectivity index (χ0) is 15.5. The lowest BCUT2D eigenvalue weighted by atomic mass is 10.0. The maximum atomic E-state index is 12.1. The summed E-state index contributed by atoms with van der Waals surface area (Å²) < 4.78 is 5.42. The van der Waals surface area contributed by atoms with Gasteiger partial charge in [-0.15, -0.1) is 0 Å². The minimum Gasteiger partial charge on any atom is -0.444 e. The van der Waals surface area contributed by atoms with Crippen molar-refractivity contribution in [2.45, 2.75) is 39.2 Å². The molecule has 2 rings (SSSR count). The summed E-state index contributed by atoms with van der Waals surface area (Å²) in [7, 11) is 0. The Kier molecular flexibility index (Phi) is 4.50.